The van der Waals surface area contributed by atoms with Gasteiger partial charge in [0.05, 0.1) is 26.2 Å². The van der Waals surface area contributed by atoms with E-state index in [1.54, 1.807) is 18.2 Å². The van der Waals surface area contributed by atoms with Crippen molar-refractivity contribution < 1.29 is 9.72 Å². The van der Waals surface area contributed by atoms with Crippen molar-refractivity contribution in [2.24, 2.45) is 5.10 Å². The molecule has 0 fully saturated rings. The number of thiazole rings is 1. The number of nitro groups is 1. The molecule has 7 nitrogen and oxygen atoms in total. The summed E-state index contributed by atoms with van der Waals surface area (Å²) in [5.41, 5.74) is 3.40. The average molecular weight is 437 g/mol. The minimum absolute atomic E-state index is 0.0170. The Morgan fingerprint density at radius 2 is 1.80 bits per heavy atom. The number of aromatic nitrogens is 1. The van der Waals surface area contributed by atoms with Crippen molar-refractivity contribution in [1.82, 2.24) is 4.98 Å². The van der Waals surface area contributed by atoms with Gasteiger partial charge in [0.15, 0.2) is 0 Å². The van der Waals surface area contributed by atoms with Gasteiger partial charge in [0.25, 0.3) is 5.91 Å². The zero-order valence-electron chi connectivity index (χ0n) is 16.1. The van der Waals surface area contributed by atoms with Gasteiger partial charge in [-0.05, 0) is 49.7 Å². The SMILES string of the molecule is Cc1ccc(C(=O)N(/N=C/c2ccc([N+](=O)[O-])s2)c2nc3ccc(C)cc3s2)cc1. The second-order valence-corrected chi connectivity index (χ2v) is 8.73. The van der Waals surface area contributed by atoms with E-state index >= 15 is 0 Å². The molecule has 0 N–H and O–H groups in total. The molecule has 0 aliphatic carbocycles. The normalized spacial score (nSPS) is 11.3. The lowest BCUT2D eigenvalue weighted by atomic mass is 10.1. The van der Waals surface area contributed by atoms with E-state index in [9.17, 15) is 14.9 Å². The molecular formula is C21H16N4O3S2. The van der Waals surface area contributed by atoms with Crippen LogP contribution in [0.3, 0.4) is 0 Å². The number of hydrazone groups is 1. The van der Waals surface area contributed by atoms with Crippen LogP contribution in [0.4, 0.5) is 10.1 Å². The number of nitrogens with zero attached hydrogens (tertiary/aromatic N) is 4. The minimum atomic E-state index is -0.451. The molecule has 0 unspecified atom stereocenters. The molecule has 0 atom stereocenters. The van der Waals surface area contributed by atoms with E-state index in [1.807, 2.05) is 44.2 Å². The Morgan fingerprint density at radius 1 is 1.07 bits per heavy atom. The maximum Gasteiger partial charge on any atom is 0.324 e. The van der Waals surface area contributed by atoms with Gasteiger partial charge in [-0.15, -0.1) is 0 Å². The number of thiophene rings is 1. The maximum atomic E-state index is 13.2. The Labute approximate surface area is 180 Å². The van der Waals surface area contributed by atoms with Crippen molar-refractivity contribution in [1.29, 1.82) is 0 Å². The standard InChI is InChI=1S/C21H16N4O3S2/c1-13-3-6-15(7-4-13)20(26)24(22-12-16-8-10-19(29-16)25(27)28)21-23-17-9-5-14(2)11-18(17)30-21/h3-12H,1-2H3/b22-12+. The van der Waals surface area contributed by atoms with Gasteiger partial charge in [0, 0.05) is 11.6 Å². The lowest BCUT2D eigenvalue weighted by Gasteiger charge is -2.13. The minimum Gasteiger partial charge on any atom is -0.267 e. The number of carbonyl (C=O) groups is 1. The molecular weight excluding hydrogens is 420 g/mol. The third-order valence-corrected chi connectivity index (χ3v) is 6.26. The number of amides is 1. The van der Waals surface area contributed by atoms with Gasteiger partial charge in [-0.2, -0.15) is 10.1 Å². The molecule has 2 aromatic heterocycles. The summed E-state index contributed by atoms with van der Waals surface area (Å²) in [5, 5.41) is 17.0. The predicted octanol–water partition coefficient (Wildman–Crippen LogP) is 5.56. The van der Waals surface area contributed by atoms with E-state index in [1.165, 1.54) is 28.6 Å². The summed E-state index contributed by atoms with van der Waals surface area (Å²) in [6.45, 7) is 3.94. The highest BCUT2D eigenvalue weighted by Crippen LogP contribution is 2.31. The topological polar surface area (TPSA) is 88.7 Å². The molecule has 0 radical (unpaired) electrons. The van der Waals surface area contributed by atoms with Crippen molar-refractivity contribution in [3.63, 3.8) is 0 Å². The second-order valence-electron chi connectivity index (χ2n) is 6.63. The molecule has 0 spiro atoms. The molecule has 4 aromatic rings. The summed E-state index contributed by atoms with van der Waals surface area (Å²) in [6, 6.07) is 16.1. The van der Waals surface area contributed by atoms with E-state index < -0.39 is 4.92 Å². The van der Waals surface area contributed by atoms with Crippen molar-refractivity contribution in [3.8, 4) is 0 Å². The van der Waals surface area contributed by atoms with Gasteiger partial charge >= 0.3 is 5.00 Å². The van der Waals surface area contributed by atoms with Crippen molar-refractivity contribution in [3.05, 3.63) is 86.3 Å². The first-order valence-corrected chi connectivity index (χ1v) is 10.6. The molecule has 2 heterocycles. The number of anilines is 1. The molecule has 9 heteroatoms. The fourth-order valence-corrected chi connectivity index (χ4v) is 4.45. The summed E-state index contributed by atoms with van der Waals surface area (Å²) in [6.07, 6.45) is 1.45. The summed E-state index contributed by atoms with van der Waals surface area (Å²) in [5.74, 6) is -0.326. The molecule has 1 amide bonds. The molecule has 0 aliphatic rings. The van der Waals surface area contributed by atoms with Crippen LogP contribution < -0.4 is 5.01 Å². The number of carbonyl (C=O) groups excluding carboxylic acids is 1. The zero-order valence-corrected chi connectivity index (χ0v) is 17.7. The van der Waals surface area contributed by atoms with Crippen LogP contribution in [0, 0.1) is 24.0 Å². The van der Waals surface area contributed by atoms with E-state index in [0.29, 0.717) is 15.6 Å². The third kappa shape index (κ3) is 4.12. The number of hydrogen-bond donors (Lipinski definition) is 0. The Hall–Kier alpha value is -3.43. The van der Waals surface area contributed by atoms with E-state index in [-0.39, 0.29) is 10.9 Å². The highest BCUT2D eigenvalue weighted by Gasteiger charge is 2.21. The molecule has 0 saturated carbocycles. The van der Waals surface area contributed by atoms with Crippen LogP contribution in [0.15, 0.2) is 59.7 Å². The Bertz CT molecular complexity index is 1280. The number of hydrogen-bond acceptors (Lipinski definition) is 7. The van der Waals surface area contributed by atoms with Gasteiger partial charge < -0.3 is 0 Å². The summed E-state index contributed by atoms with van der Waals surface area (Å²) < 4.78 is 0.952. The third-order valence-electron chi connectivity index (χ3n) is 4.30. The Balaban J connectivity index is 1.74. The smallest absolute Gasteiger partial charge is 0.267 e. The highest BCUT2D eigenvalue weighted by atomic mass is 32.1. The number of rotatable bonds is 5. The first kappa shape index (κ1) is 19.9. The molecule has 2 aromatic carbocycles. The largest absolute Gasteiger partial charge is 0.324 e. The molecule has 0 aliphatic heterocycles. The van der Waals surface area contributed by atoms with Gasteiger partial charge in [-0.1, -0.05) is 46.4 Å². The monoisotopic (exact) mass is 436 g/mol. The van der Waals surface area contributed by atoms with Gasteiger partial charge in [-0.25, -0.2) is 4.98 Å². The second kappa shape index (κ2) is 8.13. The van der Waals surface area contributed by atoms with Crippen LogP contribution in [0.25, 0.3) is 10.2 Å². The summed E-state index contributed by atoms with van der Waals surface area (Å²) >= 11 is 2.36. The fourth-order valence-electron chi connectivity index (χ4n) is 2.74. The molecule has 150 valence electrons. The number of benzene rings is 2. The highest BCUT2D eigenvalue weighted by molar-refractivity contribution is 7.22. The van der Waals surface area contributed by atoms with Crippen LogP contribution in [0.5, 0.6) is 0 Å². The lowest BCUT2D eigenvalue weighted by Crippen LogP contribution is -2.25. The van der Waals surface area contributed by atoms with Crippen LogP contribution in [-0.2, 0) is 0 Å². The zero-order chi connectivity index (χ0) is 21.3. The van der Waals surface area contributed by atoms with Crippen LogP contribution in [0.2, 0.25) is 0 Å². The summed E-state index contributed by atoms with van der Waals surface area (Å²) in [7, 11) is 0. The predicted molar refractivity (Wildman–Crippen MR) is 121 cm³/mol. The van der Waals surface area contributed by atoms with E-state index in [0.717, 1.165) is 32.7 Å². The first-order chi connectivity index (χ1) is 14.4. The molecule has 4 rings (SSSR count). The fraction of sp³-hybridized carbons (Fsp3) is 0.0952. The van der Waals surface area contributed by atoms with Gasteiger partial charge in [0.2, 0.25) is 5.13 Å². The average Bonchev–Trinajstić information content (AvgIpc) is 3.35. The first-order valence-electron chi connectivity index (χ1n) is 8.97. The molecule has 30 heavy (non-hydrogen) atoms. The van der Waals surface area contributed by atoms with E-state index in [2.05, 4.69) is 10.1 Å². The van der Waals surface area contributed by atoms with Gasteiger partial charge in [0.1, 0.15) is 0 Å². The quantitative estimate of drug-likeness (QED) is 0.233. The number of aryl methyl sites for hydroxylation is 2. The van der Waals surface area contributed by atoms with Crippen molar-refractivity contribution in [2.75, 3.05) is 5.01 Å². The van der Waals surface area contributed by atoms with Crippen molar-refractivity contribution in [2.45, 2.75) is 13.8 Å². The Morgan fingerprint density at radius 3 is 2.50 bits per heavy atom. The maximum absolute atomic E-state index is 13.2. The summed E-state index contributed by atoms with van der Waals surface area (Å²) in [4.78, 5) is 28.8. The van der Waals surface area contributed by atoms with Crippen LogP contribution >= 0.6 is 22.7 Å². The van der Waals surface area contributed by atoms with Crippen molar-refractivity contribution >= 4 is 55.1 Å². The van der Waals surface area contributed by atoms with Crippen LogP contribution in [-0.4, -0.2) is 22.0 Å². The Kier molecular flexibility index (Phi) is 5.39. The lowest BCUT2D eigenvalue weighted by molar-refractivity contribution is -0.380. The van der Waals surface area contributed by atoms with Gasteiger partial charge in [-0.3, -0.25) is 14.9 Å². The molecule has 0 bridgehead atoms. The van der Waals surface area contributed by atoms with Crippen LogP contribution in [0.1, 0.15) is 26.4 Å². The van der Waals surface area contributed by atoms with E-state index in [4.69, 9.17) is 0 Å². The molecule has 0 saturated heterocycles. The number of fused-ring (bicyclic) bond motifs is 1.